The Bertz CT molecular complexity index is 183. The van der Waals surface area contributed by atoms with Crippen molar-refractivity contribution in [3.8, 4) is 0 Å². The van der Waals surface area contributed by atoms with Crippen LogP contribution in [0, 0.1) is 5.92 Å². The lowest BCUT2D eigenvalue weighted by atomic mass is 9.85. The average Bonchev–Trinajstić information content (AvgIpc) is 2.56. The van der Waals surface area contributed by atoms with Gasteiger partial charge in [-0.25, -0.2) is 0 Å². The maximum Gasteiger partial charge on any atom is 0.0673 e. The van der Waals surface area contributed by atoms with Gasteiger partial charge >= 0.3 is 0 Å². The Morgan fingerprint density at radius 2 is 2.31 bits per heavy atom. The van der Waals surface area contributed by atoms with Crippen LogP contribution in [0.3, 0.4) is 0 Å². The fourth-order valence-electron chi connectivity index (χ4n) is 2.64. The molecule has 76 valence electrons. The summed E-state index contributed by atoms with van der Waals surface area (Å²) >= 11 is 2.20. The molecule has 1 saturated heterocycles. The van der Waals surface area contributed by atoms with Crippen LogP contribution in [0.15, 0.2) is 0 Å². The van der Waals surface area contributed by atoms with Gasteiger partial charge in [0.15, 0.2) is 0 Å². The van der Waals surface area contributed by atoms with E-state index in [1.165, 1.54) is 37.9 Å². The van der Waals surface area contributed by atoms with Crippen LogP contribution in [0.1, 0.15) is 46.0 Å². The molecular weight excluding hydrogens is 178 g/mol. The average molecular weight is 199 g/mol. The minimum absolute atomic E-state index is 0.471. The van der Waals surface area contributed by atoms with E-state index in [2.05, 4.69) is 30.9 Å². The fraction of sp³-hybridized carbons (Fsp3) is 1.00. The molecule has 1 N–H and O–H groups in total. The topological polar surface area (TPSA) is 12.0 Å². The molecule has 2 rings (SSSR count). The zero-order chi connectivity index (χ0) is 9.31. The lowest BCUT2D eigenvalue weighted by molar-refractivity contribution is 0.243. The van der Waals surface area contributed by atoms with Crippen LogP contribution in [0.4, 0.5) is 0 Å². The Morgan fingerprint density at radius 3 is 2.92 bits per heavy atom. The van der Waals surface area contributed by atoms with Gasteiger partial charge < -0.3 is 0 Å². The van der Waals surface area contributed by atoms with Gasteiger partial charge in [0.2, 0.25) is 0 Å². The number of hydrogen-bond donors (Lipinski definition) is 1. The zero-order valence-corrected chi connectivity index (χ0v) is 9.62. The largest absolute Gasteiger partial charge is 0.299 e. The third-order valence-electron chi connectivity index (χ3n) is 3.71. The first-order chi connectivity index (χ1) is 6.27. The summed E-state index contributed by atoms with van der Waals surface area (Å²) < 4.78 is 0. The molecule has 3 atom stereocenters. The Kier molecular flexibility index (Phi) is 2.89. The highest BCUT2D eigenvalue weighted by Crippen LogP contribution is 2.46. The van der Waals surface area contributed by atoms with E-state index in [-0.39, 0.29) is 0 Å². The summed E-state index contributed by atoms with van der Waals surface area (Å²) in [5, 5.41) is 3.87. The molecule has 2 fully saturated rings. The Hall–Kier alpha value is 0.310. The molecule has 1 nitrogen and oxygen atoms in total. The zero-order valence-electron chi connectivity index (χ0n) is 8.81. The predicted molar refractivity (Wildman–Crippen MR) is 60.0 cm³/mol. The minimum atomic E-state index is 0.471. The quantitative estimate of drug-likeness (QED) is 0.697. The van der Waals surface area contributed by atoms with E-state index in [0.29, 0.717) is 4.87 Å². The van der Waals surface area contributed by atoms with Gasteiger partial charge in [0.1, 0.15) is 0 Å². The van der Waals surface area contributed by atoms with E-state index in [1.54, 1.807) is 0 Å². The standard InChI is InChI=1S/C11H21NS/c1-3-10-8-13-11(12-10)7-5-4-6-9(11)2/h9-10,12H,3-8H2,1-2H3. The summed E-state index contributed by atoms with van der Waals surface area (Å²) in [5.74, 6) is 2.21. The molecule has 0 aromatic heterocycles. The molecule has 3 unspecified atom stereocenters. The Morgan fingerprint density at radius 1 is 1.46 bits per heavy atom. The molecule has 2 aliphatic rings. The van der Waals surface area contributed by atoms with E-state index < -0.39 is 0 Å². The molecule has 13 heavy (non-hydrogen) atoms. The molecule has 2 heteroatoms. The second-order valence-electron chi connectivity index (χ2n) is 4.60. The first kappa shape index (κ1) is 9.85. The second-order valence-corrected chi connectivity index (χ2v) is 5.95. The summed E-state index contributed by atoms with van der Waals surface area (Å²) in [6, 6.07) is 0.783. The van der Waals surface area contributed by atoms with Crippen LogP contribution in [0.5, 0.6) is 0 Å². The summed E-state index contributed by atoms with van der Waals surface area (Å²) in [7, 11) is 0. The van der Waals surface area contributed by atoms with Crippen LogP contribution in [0.2, 0.25) is 0 Å². The number of hydrogen-bond acceptors (Lipinski definition) is 2. The van der Waals surface area contributed by atoms with E-state index in [4.69, 9.17) is 0 Å². The van der Waals surface area contributed by atoms with Gasteiger partial charge in [0, 0.05) is 11.8 Å². The van der Waals surface area contributed by atoms with Crippen LogP contribution < -0.4 is 5.32 Å². The number of rotatable bonds is 1. The maximum atomic E-state index is 3.87. The number of nitrogens with one attached hydrogen (secondary N) is 1. The molecule has 1 saturated carbocycles. The van der Waals surface area contributed by atoms with E-state index >= 15 is 0 Å². The summed E-state index contributed by atoms with van der Waals surface area (Å²) in [4.78, 5) is 0.471. The molecule has 1 spiro atoms. The lowest BCUT2D eigenvalue weighted by Crippen LogP contribution is -2.48. The van der Waals surface area contributed by atoms with Crippen molar-refractivity contribution in [3.05, 3.63) is 0 Å². The van der Waals surface area contributed by atoms with Crippen LogP contribution in [-0.4, -0.2) is 16.7 Å². The molecule has 0 aromatic rings. The highest BCUT2D eigenvalue weighted by atomic mass is 32.2. The molecule has 0 bridgehead atoms. The van der Waals surface area contributed by atoms with Gasteiger partial charge in [-0.15, -0.1) is 11.8 Å². The minimum Gasteiger partial charge on any atom is -0.299 e. The highest BCUT2D eigenvalue weighted by Gasteiger charge is 2.43. The highest BCUT2D eigenvalue weighted by molar-refractivity contribution is 8.00. The van der Waals surface area contributed by atoms with Gasteiger partial charge in [-0.2, -0.15) is 0 Å². The van der Waals surface area contributed by atoms with Crippen molar-refractivity contribution in [2.24, 2.45) is 5.92 Å². The molecule has 0 aromatic carbocycles. The molecule has 0 amide bonds. The fourth-order valence-corrected chi connectivity index (χ4v) is 4.40. The van der Waals surface area contributed by atoms with Crippen molar-refractivity contribution in [2.75, 3.05) is 5.75 Å². The SMILES string of the molecule is CCC1CSC2(CCCCC2C)N1. The first-order valence-corrected chi connectivity index (χ1v) is 6.67. The van der Waals surface area contributed by atoms with Crippen molar-refractivity contribution < 1.29 is 0 Å². The third-order valence-corrected chi connectivity index (χ3v) is 5.52. The van der Waals surface area contributed by atoms with E-state index in [9.17, 15) is 0 Å². The van der Waals surface area contributed by atoms with Gasteiger partial charge in [-0.05, 0) is 25.2 Å². The monoisotopic (exact) mass is 199 g/mol. The molecule has 1 heterocycles. The van der Waals surface area contributed by atoms with E-state index in [0.717, 1.165) is 12.0 Å². The smallest absolute Gasteiger partial charge is 0.0673 e. The Balaban J connectivity index is 2.03. The van der Waals surface area contributed by atoms with Gasteiger partial charge in [-0.3, -0.25) is 5.32 Å². The first-order valence-electron chi connectivity index (χ1n) is 5.68. The van der Waals surface area contributed by atoms with Crippen molar-refractivity contribution in [1.82, 2.24) is 5.32 Å². The number of thioether (sulfide) groups is 1. The van der Waals surface area contributed by atoms with Crippen LogP contribution in [0.25, 0.3) is 0 Å². The second kappa shape index (κ2) is 3.82. The summed E-state index contributed by atoms with van der Waals surface area (Å²) in [6.07, 6.45) is 7.00. The third kappa shape index (κ3) is 1.75. The van der Waals surface area contributed by atoms with Crippen molar-refractivity contribution in [2.45, 2.75) is 56.9 Å². The summed E-state index contributed by atoms with van der Waals surface area (Å²) in [5.41, 5.74) is 0. The van der Waals surface area contributed by atoms with Crippen molar-refractivity contribution in [1.29, 1.82) is 0 Å². The van der Waals surface area contributed by atoms with Gasteiger partial charge in [-0.1, -0.05) is 26.7 Å². The normalized spacial score (nSPS) is 45.7. The molecule has 1 aliphatic heterocycles. The van der Waals surface area contributed by atoms with Crippen molar-refractivity contribution >= 4 is 11.8 Å². The van der Waals surface area contributed by atoms with Crippen LogP contribution in [-0.2, 0) is 0 Å². The van der Waals surface area contributed by atoms with Crippen LogP contribution >= 0.6 is 11.8 Å². The van der Waals surface area contributed by atoms with Crippen molar-refractivity contribution in [3.63, 3.8) is 0 Å². The predicted octanol–water partition coefficient (Wildman–Crippen LogP) is 3.01. The Labute approximate surface area is 86.0 Å². The molecule has 0 radical (unpaired) electrons. The van der Waals surface area contributed by atoms with Gasteiger partial charge in [0.25, 0.3) is 0 Å². The molecular formula is C11H21NS. The van der Waals surface area contributed by atoms with E-state index in [1.807, 2.05) is 0 Å². The maximum absolute atomic E-state index is 3.87. The lowest BCUT2D eigenvalue weighted by Gasteiger charge is -2.39. The molecule has 1 aliphatic carbocycles. The van der Waals surface area contributed by atoms with Gasteiger partial charge in [0.05, 0.1) is 4.87 Å². The summed E-state index contributed by atoms with van der Waals surface area (Å²) in [6.45, 7) is 4.72.